The van der Waals surface area contributed by atoms with E-state index in [-0.39, 0.29) is 5.91 Å². The highest BCUT2D eigenvalue weighted by atomic mass is 35.5. The van der Waals surface area contributed by atoms with Crippen molar-refractivity contribution in [2.24, 2.45) is 5.92 Å². The largest absolute Gasteiger partial charge is 0.345 e. The van der Waals surface area contributed by atoms with Gasteiger partial charge in [0, 0.05) is 25.9 Å². The third kappa shape index (κ3) is 3.87. The van der Waals surface area contributed by atoms with E-state index in [1.807, 2.05) is 11.9 Å². The molecule has 2 nitrogen and oxygen atoms in total. The van der Waals surface area contributed by atoms with Crippen LogP contribution >= 0.6 is 11.6 Å². The van der Waals surface area contributed by atoms with E-state index in [4.69, 9.17) is 11.6 Å². The van der Waals surface area contributed by atoms with Gasteiger partial charge in [0.15, 0.2) is 0 Å². The molecule has 0 saturated heterocycles. The topological polar surface area (TPSA) is 20.3 Å². The molecule has 0 aliphatic heterocycles. The van der Waals surface area contributed by atoms with E-state index >= 15 is 0 Å². The third-order valence-corrected chi connectivity index (χ3v) is 3.22. The number of carbonyl (C=O) groups is 1. The van der Waals surface area contributed by atoms with Gasteiger partial charge in [-0.15, -0.1) is 11.6 Å². The molecule has 0 heterocycles. The zero-order valence-electron chi connectivity index (χ0n) is 8.97. The number of halogens is 1. The molecule has 0 unspecified atom stereocenters. The predicted molar refractivity (Wildman–Crippen MR) is 59.5 cm³/mol. The van der Waals surface area contributed by atoms with Gasteiger partial charge in [0.1, 0.15) is 0 Å². The van der Waals surface area contributed by atoms with E-state index < -0.39 is 0 Å². The van der Waals surface area contributed by atoms with Crippen molar-refractivity contribution in [3.05, 3.63) is 0 Å². The van der Waals surface area contributed by atoms with Gasteiger partial charge in [-0.05, 0) is 31.6 Å². The summed E-state index contributed by atoms with van der Waals surface area (Å²) in [5, 5.41) is 0. The lowest BCUT2D eigenvalue weighted by atomic mass is 9.85. The van der Waals surface area contributed by atoms with Crippen LogP contribution in [0, 0.1) is 5.92 Å². The van der Waals surface area contributed by atoms with Crippen LogP contribution in [0.4, 0.5) is 0 Å². The number of nitrogens with zero attached hydrogens (tertiary/aromatic N) is 1. The van der Waals surface area contributed by atoms with Gasteiger partial charge in [0.05, 0.1) is 0 Å². The van der Waals surface area contributed by atoms with Crippen LogP contribution in [-0.4, -0.2) is 30.3 Å². The summed E-state index contributed by atoms with van der Waals surface area (Å²) >= 11 is 5.56. The van der Waals surface area contributed by atoms with Crippen molar-refractivity contribution in [3.8, 4) is 0 Å². The zero-order chi connectivity index (χ0) is 10.4. The zero-order valence-corrected chi connectivity index (χ0v) is 9.72. The van der Waals surface area contributed by atoms with E-state index in [0.717, 1.165) is 25.3 Å². The number of amides is 1. The fourth-order valence-electron chi connectivity index (χ4n) is 1.73. The molecular formula is C11H20ClNO. The summed E-state index contributed by atoms with van der Waals surface area (Å²) in [5.74, 6) is 1.72. The number of carbonyl (C=O) groups excluding carboxylic acids is 1. The minimum atomic E-state index is 0.280. The third-order valence-electron chi connectivity index (χ3n) is 2.96. The number of hydrogen-bond acceptors (Lipinski definition) is 1. The number of rotatable bonds is 6. The molecule has 0 N–H and O–H groups in total. The van der Waals surface area contributed by atoms with Crippen LogP contribution in [0.15, 0.2) is 0 Å². The van der Waals surface area contributed by atoms with Gasteiger partial charge in [-0.1, -0.05) is 6.42 Å². The molecule has 1 saturated carbocycles. The van der Waals surface area contributed by atoms with Crippen LogP contribution in [0.25, 0.3) is 0 Å². The van der Waals surface area contributed by atoms with Crippen LogP contribution in [0.5, 0.6) is 0 Å². The first kappa shape index (κ1) is 11.8. The van der Waals surface area contributed by atoms with Crippen LogP contribution in [0.2, 0.25) is 0 Å². The molecule has 1 rings (SSSR count). The maximum atomic E-state index is 11.6. The van der Waals surface area contributed by atoms with E-state index in [9.17, 15) is 4.79 Å². The van der Waals surface area contributed by atoms with E-state index in [1.165, 1.54) is 19.3 Å². The molecule has 0 spiro atoms. The summed E-state index contributed by atoms with van der Waals surface area (Å²) < 4.78 is 0. The molecule has 0 aromatic rings. The summed E-state index contributed by atoms with van der Waals surface area (Å²) in [5.41, 5.74) is 0. The fourth-order valence-corrected chi connectivity index (χ4v) is 1.92. The van der Waals surface area contributed by atoms with Gasteiger partial charge in [0.25, 0.3) is 0 Å². The number of hydrogen-bond donors (Lipinski definition) is 0. The first-order chi connectivity index (χ1) is 6.74. The second kappa shape index (κ2) is 6.28. The van der Waals surface area contributed by atoms with Crippen molar-refractivity contribution in [3.63, 3.8) is 0 Å². The molecule has 14 heavy (non-hydrogen) atoms. The Morgan fingerprint density at radius 3 is 2.64 bits per heavy atom. The average molecular weight is 218 g/mol. The van der Waals surface area contributed by atoms with Crippen molar-refractivity contribution >= 4 is 17.5 Å². The van der Waals surface area contributed by atoms with E-state index in [1.54, 1.807) is 0 Å². The SMILES string of the molecule is CN(CC1CCC1)C(=O)CCCCCl. The van der Waals surface area contributed by atoms with Crippen LogP contribution in [-0.2, 0) is 4.79 Å². The highest BCUT2D eigenvalue weighted by Gasteiger charge is 2.20. The maximum absolute atomic E-state index is 11.6. The highest BCUT2D eigenvalue weighted by Crippen LogP contribution is 2.26. The molecule has 0 bridgehead atoms. The lowest BCUT2D eigenvalue weighted by Crippen LogP contribution is -2.34. The molecule has 1 aliphatic rings. The minimum Gasteiger partial charge on any atom is -0.345 e. The van der Waals surface area contributed by atoms with Gasteiger partial charge >= 0.3 is 0 Å². The van der Waals surface area contributed by atoms with Crippen molar-refractivity contribution in [2.75, 3.05) is 19.5 Å². The molecule has 0 radical (unpaired) electrons. The molecule has 1 fully saturated rings. The minimum absolute atomic E-state index is 0.280. The van der Waals surface area contributed by atoms with Crippen molar-refractivity contribution in [1.29, 1.82) is 0 Å². The molecule has 0 aromatic carbocycles. The Morgan fingerprint density at radius 2 is 2.14 bits per heavy atom. The summed E-state index contributed by atoms with van der Waals surface area (Å²) in [6.45, 7) is 0.958. The maximum Gasteiger partial charge on any atom is 0.222 e. The van der Waals surface area contributed by atoms with Crippen molar-refractivity contribution in [1.82, 2.24) is 4.90 Å². The predicted octanol–water partition coefficient (Wildman–Crippen LogP) is 2.65. The Bertz CT molecular complexity index is 180. The van der Waals surface area contributed by atoms with Crippen LogP contribution in [0.1, 0.15) is 38.5 Å². The highest BCUT2D eigenvalue weighted by molar-refractivity contribution is 6.17. The summed E-state index contributed by atoms with van der Waals surface area (Å²) in [7, 11) is 1.92. The quantitative estimate of drug-likeness (QED) is 0.495. The smallest absolute Gasteiger partial charge is 0.222 e. The Kier molecular flexibility index (Phi) is 5.31. The first-order valence-corrected chi connectivity index (χ1v) is 6.07. The second-order valence-electron chi connectivity index (χ2n) is 4.22. The average Bonchev–Trinajstić information content (AvgIpc) is 2.11. The standard InChI is InChI=1S/C11H20ClNO/c1-13(9-10-5-4-6-10)11(14)7-2-3-8-12/h10H,2-9H2,1H3. The van der Waals surface area contributed by atoms with Crippen LogP contribution in [0.3, 0.4) is 0 Å². The Hall–Kier alpha value is -0.240. The summed E-state index contributed by atoms with van der Waals surface area (Å²) in [6.07, 6.45) is 6.50. The lowest BCUT2D eigenvalue weighted by Gasteiger charge is -2.30. The number of unbranched alkanes of at least 4 members (excludes halogenated alkanes) is 1. The van der Waals surface area contributed by atoms with E-state index in [2.05, 4.69) is 0 Å². The van der Waals surface area contributed by atoms with E-state index in [0.29, 0.717) is 12.3 Å². The molecular weight excluding hydrogens is 198 g/mol. The summed E-state index contributed by atoms with van der Waals surface area (Å²) in [6, 6.07) is 0. The van der Waals surface area contributed by atoms with Crippen molar-refractivity contribution < 1.29 is 4.79 Å². The fraction of sp³-hybridized carbons (Fsp3) is 0.909. The van der Waals surface area contributed by atoms with Gasteiger partial charge in [-0.2, -0.15) is 0 Å². The van der Waals surface area contributed by atoms with Crippen molar-refractivity contribution in [2.45, 2.75) is 38.5 Å². The van der Waals surface area contributed by atoms with Gasteiger partial charge in [0.2, 0.25) is 5.91 Å². The number of alkyl halides is 1. The second-order valence-corrected chi connectivity index (χ2v) is 4.60. The lowest BCUT2D eigenvalue weighted by molar-refractivity contribution is -0.130. The summed E-state index contributed by atoms with van der Waals surface area (Å²) in [4.78, 5) is 13.5. The monoisotopic (exact) mass is 217 g/mol. The molecule has 82 valence electrons. The van der Waals surface area contributed by atoms with Gasteiger partial charge < -0.3 is 4.90 Å². The molecule has 3 heteroatoms. The first-order valence-electron chi connectivity index (χ1n) is 5.54. The molecule has 0 atom stereocenters. The van der Waals surface area contributed by atoms with Gasteiger partial charge in [-0.25, -0.2) is 0 Å². The molecule has 1 amide bonds. The van der Waals surface area contributed by atoms with Crippen LogP contribution < -0.4 is 0 Å². The Morgan fingerprint density at radius 1 is 1.43 bits per heavy atom. The normalized spacial score (nSPS) is 16.4. The van der Waals surface area contributed by atoms with Gasteiger partial charge in [-0.3, -0.25) is 4.79 Å². The molecule has 0 aromatic heterocycles. The Balaban J connectivity index is 2.08. The Labute approximate surface area is 91.6 Å². The molecule has 1 aliphatic carbocycles.